The van der Waals surface area contributed by atoms with Crippen LogP contribution in [0.3, 0.4) is 0 Å². The van der Waals surface area contributed by atoms with E-state index in [9.17, 15) is 33.7 Å². The first kappa shape index (κ1) is 65.0. The lowest BCUT2D eigenvalue weighted by molar-refractivity contribution is 0.206. The first-order chi connectivity index (χ1) is 40.0. The topological polar surface area (TPSA) is 257 Å². The summed E-state index contributed by atoms with van der Waals surface area (Å²) < 4.78 is 104. The Kier molecular flexibility index (Phi) is 20.1. The number of aromatic amines is 4. The first-order valence-electron chi connectivity index (χ1n) is 28.0. The maximum atomic E-state index is 12.2. The van der Waals surface area contributed by atoms with Crippen LogP contribution >= 0.6 is 46.4 Å². The number of hydrogen-bond donors (Lipinski definition) is 6. The molecule has 0 radical (unpaired) electrons. The minimum Gasteiger partial charge on any atom is -0.368 e. The normalized spacial score (nSPS) is 18.8. The van der Waals surface area contributed by atoms with Gasteiger partial charge < -0.3 is 24.8 Å². The number of nitrogens with two attached hydrogens (primary N) is 1. The zero-order chi connectivity index (χ0) is 61.4. The number of piperazine rings is 1. The van der Waals surface area contributed by atoms with Crippen molar-refractivity contribution in [1.82, 2.24) is 46.2 Å². The number of benzene rings is 4. The van der Waals surface area contributed by atoms with Crippen molar-refractivity contribution in [2.24, 2.45) is 5.14 Å². The van der Waals surface area contributed by atoms with E-state index in [1.807, 2.05) is 99.3 Å². The van der Waals surface area contributed by atoms with Crippen molar-refractivity contribution in [1.29, 1.82) is 0 Å². The Bertz CT molecular complexity index is 4130. The Morgan fingerprint density at radius 3 is 1.22 bits per heavy atom. The van der Waals surface area contributed by atoms with E-state index >= 15 is 0 Å². The first-order valence-corrected chi connectivity index (χ1v) is 35.7. The molecule has 0 aliphatic carbocycles. The van der Waals surface area contributed by atoms with Crippen LogP contribution in [0.1, 0.15) is 86.8 Å². The van der Waals surface area contributed by atoms with Gasteiger partial charge in [0.15, 0.2) is 0 Å². The van der Waals surface area contributed by atoms with Crippen LogP contribution in [0.2, 0.25) is 20.1 Å². The predicted octanol–water partition coefficient (Wildman–Crippen LogP) is 10.2. The van der Waals surface area contributed by atoms with E-state index in [2.05, 4.69) is 41.7 Å². The number of anilines is 1. The van der Waals surface area contributed by atoms with Crippen LogP contribution in [0.5, 0.6) is 0 Å². The molecule has 462 valence electrons. The van der Waals surface area contributed by atoms with Crippen molar-refractivity contribution in [2.45, 2.75) is 75.7 Å². The molecule has 0 amide bonds. The number of nitrogens with zero attached hydrogens (tertiary/aromatic N) is 6. The van der Waals surface area contributed by atoms with Crippen LogP contribution in [0.25, 0.3) is 43.6 Å². The van der Waals surface area contributed by atoms with Gasteiger partial charge in [0.05, 0.1) is 6.26 Å². The number of halogens is 4. The molecule has 0 saturated carbocycles. The van der Waals surface area contributed by atoms with Gasteiger partial charge in [-0.2, -0.15) is 46.8 Å². The number of nitrogens with one attached hydrogen (secondary N) is 5. The molecule has 8 heterocycles. The molecule has 4 saturated heterocycles. The monoisotopic (exact) mass is 1320 g/mol. The minimum atomic E-state index is -3.57. The second kappa shape index (κ2) is 26.3. The van der Waals surface area contributed by atoms with Gasteiger partial charge in [0.1, 0.15) is 0 Å². The highest BCUT2D eigenvalue weighted by Crippen LogP contribution is 2.40. The van der Waals surface area contributed by atoms with Crippen molar-refractivity contribution >= 4 is 136 Å². The summed E-state index contributed by atoms with van der Waals surface area (Å²) in [6, 6.07) is 23.8. The molecule has 7 N–H and O–H groups in total. The minimum absolute atomic E-state index is 0.310. The fourth-order valence-electron chi connectivity index (χ4n) is 12.4. The number of sulfonamides is 1. The fraction of sp³-hybridized carbons (Fsp3) is 0.439. The zero-order valence-electron chi connectivity index (χ0n) is 48.2. The average Bonchev–Trinajstić information content (AvgIpc) is 3.27. The average molecular weight is 1330 g/mol. The predicted molar refractivity (Wildman–Crippen MR) is 345 cm³/mol. The lowest BCUT2D eigenvalue weighted by atomic mass is 9.88. The van der Waals surface area contributed by atoms with Gasteiger partial charge in [-0.3, -0.25) is 0 Å². The molecule has 8 aromatic rings. The van der Waals surface area contributed by atoms with Gasteiger partial charge in [0, 0.05) is 180 Å². The van der Waals surface area contributed by atoms with Gasteiger partial charge in [-0.15, -0.1) is 0 Å². The van der Waals surface area contributed by atoms with Gasteiger partial charge in [0.25, 0.3) is 30.6 Å². The van der Waals surface area contributed by atoms with E-state index in [0.717, 1.165) is 77.1 Å². The molecular formula is C57H74Cl4N12O8S4. The molecule has 28 heteroatoms. The van der Waals surface area contributed by atoms with Crippen LogP contribution in [-0.2, 0) is 40.7 Å². The van der Waals surface area contributed by atoms with Crippen LogP contribution in [0.15, 0.2) is 97.6 Å². The summed E-state index contributed by atoms with van der Waals surface area (Å²) in [4.78, 5) is 14.9. The smallest absolute Gasteiger partial charge is 0.281 e. The maximum Gasteiger partial charge on any atom is 0.281 e. The summed E-state index contributed by atoms with van der Waals surface area (Å²) in [6.07, 6.45) is 13.6. The number of H-pyrrole nitrogens is 4. The highest BCUT2D eigenvalue weighted by atomic mass is 35.5. The Balaban J connectivity index is 0.000000136. The summed E-state index contributed by atoms with van der Waals surface area (Å²) in [6.45, 7) is 8.75. The molecule has 4 fully saturated rings. The lowest BCUT2D eigenvalue weighted by Crippen LogP contribution is -2.60. The molecule has 0 atom stereocenters. The van der Waals surface area contributed by atoms with E-state index in [1.54, 1.807) is 22.7 Å². The largest absolute Gasteiger partial charge is 0.368 e. The molecule has 4 aromatic heterocycles. The third-order valence-corrected chi connectivity index (χ3v) is 23.5. The third-order valence-electron chi connectivity index (χ3n) is 16.6. The van der Waals surface area contributed by atoms with Crippen LogP contribution < -0.4 is 14.8 Å². The van der Waals surface area contributed by atoms with Crippen molar-refractivity contribution in [3.8, 4) is 0 Å². The molecule has 0 bridgehead atoms. The van der Waals surface area contributed by atoms with Crippen molar-refractivity contribution in [2.75, 3.05) is 91.2 Å². The number of hydrogen-bond acceptors (Lipinski definition) is 9. The van der Waals surface area contributed by atoms with E-state index in [4.69, 9.17) is 51.5 Å². The zero-order valence-corrected chi connectivity index (χ0v) is 54.5. The van der Waals surface area contributed by atoms with Crippen molar-refractivity contribution < 1.29 is 33.7 Å². The molecule has 85 heavy (non-hydrogen) atoms. The van der Waals surface area contributed by atoms with Crippen LogP contribution in [0, 0.1) is 0 Å². The van der Waals surface area contributed by atoms with Gasteiger partial charge in [-0.25, -0.2) is 18.3 Å². The van der Waals surface area contributed by atoms with Crippen molar-refractivity contribution in [3.63, 3.8) is 0 Å². The van der Waals surface area contributed by atoms with Gasteiger partial charge in [-0.05, 0) is 160 Å². The molecule has 20 nitrogen and oxygen atoms in total. The van der Waals surface area contributed by atoms with Gasteiger partial charge in [0.2, 0.25) is 10.0 Å². The third kappa shape index (κ3) is 15.0. The fourth-order valence-corrected chi connectivity index (χ4v) is 17.5. The van der Waals surface area contributed by atoms with Gasteiger partial charge in [-0.1, -0.05) is 46.4 Å². The Hall–Kier alpha value is -4.48. The second-order valence-electron chi connectivity index (χ2n) is 22.8. The lowest BCUT2D eigenvalue weighted by Gasteiger charge is -2.46. The SMILES string of the molecule is CC1(C)CN(c2cc(Cl)cc3[nH]ccc23)CCN1S(C)(=O)=O.CN(C)S(=O)(=O)N1CCC(c2cc(Cl)cc3[nH]ccc23)CC1.CNS(=O)(=O)N1CCC(c2cc(Cl)cc3[nH]ccc23)CC1.NS(=O)(=O)N1CCC(c2cc(Cl)cc3[nH]ccc23)CC1. The van der Waals surface area contributed by atoms with Gasteiger partial charge >= 0.3 is 0 Å². The second-order valence-corrected chi connectivity index (χ2v) is 32.0. The van der Waals surface area contributed by atoms with E-state index in [1.165, 1.54) is 53.7 Å². The molecule has 4 aromatic carbocycles. The van der Waals surface area contributed by atoms with Crippen LogP contribution in [-0.4, -0.2) is 167 Å². The molecular weight excluding hydrogens is 1250 g/mol. The molecule has 4 aliphatic rings. The summed E-state index contributed by atoms with van der Waals surface area (Å²) in [5.74, 6) is 0.987. The highest BCUT2D eigenvalue weighted by Gasteiger charge is 2.40. The summed E-state index contributed by atoms with van der Waals surface area (Å²) in [5.41, 5.74) is 8.26. The number of piperidine rings is 3. The Morgan fingerprint density at radius 1 is 0.518 bits per heavy atom. The van der Waals surface area contributed by atoms with Crippen LogP contribution in [0.4, 0.5) is 5.69 Å². The van der Waals surface area contributed by atoms with E-state index in [-0.39, 0.29) is 0 Å². The molecule has 12 rings (SSSR count). The summed E-state index contributed by atoms with van der Waals surface area (Å²) >= 11 is 24.8. The number of aromatic nitrogens is 4. The number of fused-ring (bicyclic) bond motifs is 4. The Morgan fingerprint density at radius 2 is 0.871 bits per heavy atom. The van der Waals surface area contributed by atoms with Crippen molar-refractivity contribution in [3.05, 3.63) is 134 Å². The Labute approximate surface area is 518 Å². The highest BCUT2D eigenvalue weighted by molar-refractivity contribution is 7.88. The molecule has 4 aliphatic heterocycles. The van der Waals surface area contributed by atoms with E-state index in [0.29, 0.717) is 96.7 Å². The summed E-state index contributed by atoms with van der Waals surface area (Å²) in [7, 11) is -8.81. The molecule has 0 unspecified atom stereocenters. The standard InChI is InChI=1S/2C15H20ClN3O2S.C14H18ClN3O2S.C13H16ClN3O2S/c1-18(2)22(20,21)19-7-4-11(5-8-19)14-9-12(16)10-15-13(14)3-6-17-15;1-15(2)10-18(6-7-19(15)22(3,20)21)14-9-11(16)8-13-12(14)4-5-17-13;1-16-21(19,20)18-6-3-10(4-7-18)13-8-11(15)9-14-12(13)2-5-17-14;14-10-7-12(11-1-4-16-13(11)8-10)9-2-5-17(6-3-9)20(15,18)19/h3,6,9-11,17H,4-5,7-8H2,1-2H3;4-5,8-9,17H,6-7,10H2,1-3H3;2,5,8-10,16-17H,3-4,6-7H2,1H3;1,4,7-9,16H,2-3,5-6H2,(H2,15,18,19). The molecule has 0 spiro atoms. The number of rotatable bonds is 10. The van der Waals surface area contributed by atoms with E-state index < -0.39 is 46.2 Å². The quantitative estimate of drug-likeness (QED) is 0.0760. The maximum absolute atomic E-state index is 12.2. The summed E-state index contributed by atoms with van der Waals surface area (Å²) in [5, 5.41) is 12.6.